The largest absolute Gasteiger partial charge is 0.424 e. The van der Waals surface area contributed by atoms with Gasteiger partial charge in [-0.3, -0.25) is 4.99 Å². The second kappa shape index (κ2) is 4.26. The van der Waals surface area contributed by atoms with Crippen molar-refractivity contribution in [3.63, 3.8) is 0 Å². The summed E-state index contributed by atoms with van der Waals surface area (Å²) in [7, 11) is 0. The van der Waals surface area contributed by atoms with Crippen molar-refractivity contribution in [1.29, 1.82) is 0 Å². The lowest BCUT2D eigenvalue weighted by Gasteiger charge is -2.43. The van der Waals surface area contributed by atoms with Gasteiger partial charge in [-0.1, -0.05) is 12.2 Å². The minimum atomic E-state index is -4.59. The van der Waals surface area contributed by atoms with Crippen LogP contribution in [0.4, 0.5) is 13.2 Å². The molecule has 0 aromatic heterocycles. The highest BCUT2D eigenvalue weighted by Crippen LogP contribution is 2.38. The topological polar surface area (TPSA) is 59.6 Å². The molecule has 0 aromatic carbocycles. The summed E-state index contributed by atoms with van der Waals surface area (Å²) in [5.74, 6) is -0.543. The number of halogens is 3. The highest BCUT2D eigenvalue weighted by molar-refractivity contribution is 5.90. The zero-order chi connectivity index (χ0) is 14.3. The van der Waals surface area contributed by atoms with Crippen molar-refractivity contribution in [2.75, 3.05) is 6.61 Å². The van der Waals surface area contributed by atoms with E-state index in [4.69, 9.17) is 10.5 Å². The Bertz CT molecular complexity index is 458. The van der Waals surface area contributed by atoms with E-state index in [9.17, 15) is 13.2 Å². The van der Waals surface area contributed by atoms with Crippen LogP contribution < -0.4 is 11.1 Å². The summed E-state index contributed by atoms with van der Waals surface area (Å²) in [6.45, 7) is 2.44. The predicted molar refractivity (Wildman–Crippen MR) is 65.6 cm³/mol. The third-order valence-corrected chi connectivity index (χ3v) is 3.52. The third-order valence-electron chi connectivity index (χ3n) is 3.52. The van der Waals surface area contributed by atoms with Gasteiger partial charge in [0.05, 0.1) is 12.6 Å². The van der Waals surface area contributed by atoms with Gasteiger partial charge in [0.25, 0.3) is 0 Å². The first-order chi connectivity index (χ1) is 8.69. The van der Waals surface area contributed by atoms with Crippen LogP contribution in [0.15, 0.2) is 29.4 Å². The van der Waals surface area contributed by atoms with Gasteiger partial charge in [-0.25, -0.2) is 0 Å². The average Bonchev–Trinajstić information content (AvgIpc) is 2.34. The van der Waals surface area contributed by atoms with E-state index in [2.05, 4.69) is 10.3 Å². The van der Waals surface area contributed by atoms with Gasteiger partial charge >= 0.3 is 6.18 Å². The van der Waals surface area contributed by atoms with E-state index in [1.165, 1.54) is 0 Å². The van der Waals surface area contributed by atoms with Gasteiger partial charge in [0, 0.05) is 0 Å². The van der Waals surface area contributed by atoms with Crippen LogP contribution in [-0.2, 0) is 4.74 Å². The first-order valence-electron chi connectivity index (χ1n) is 5.85. The molecule has 0 spiro atoms. The standard InChI is InChI=1S/C12H16F3N3O/c1-10(8-5-3-4-6-17-8)7-19-11(2,9(16)18-10)12(13,14)15/h3-6,8,17H,7H2,1-2H3,(H2,16,18)/t8?,10-,11+/m0/s1. The van der Waals surface area contributed by atoms with Gasteiger partial charge in [0.2, 0.25) is 5.60 Å². The molecule has 0 fully saturated rings. The molecule has 2 aliphatic rings. The Kier molecular flexibility index (Phi) is 3.12. The van der Waals surface area contributed by atoms with Gasteiger partial charge in [0.15, 0.2) is 0 Å². The summed E-state index contributed by atoms with van der Waals surface area (Å²) in [5, 5.41) is 3.02. The summed E-state index contributed by atoms with van der Waals surface area (Å²) < 4.78 is 43.9. The monoisotopic (exact) mass is 275 g/mol. The van der Waals surface area contributed by atoms with Crippen molar-refractivity contribution < 1.29 is 17.9 Å². The molecule has 19 heavy (non-hydrogen) atoms. The number of alkyl halides is 3. The lowest BCUT2D eigenvalue weighted by Crippen LogP contribution is -2.63. The Labute approximate surface area is 109 Å². The summed E-state index contributed by atoms with van der Waals surface area (Å²) >= 11 is 0. The molecule has 2 aliphatic heterocycles. The van der Waals surface area contributed by atoms with Crippen LogP contribution in [0.3, 0.4) is 0 Å². The first kappa shape index (κ1) is 13.9. The zero-order valence-electron chi connectivity index (χ0n) is 10.7. The Balaban J connectivity index is 2.30. The third kappa shape index (κ3) is 2.22. The van der Waals surface area contributed by atoms with Gasteiger partial charge in [-0.05, 0) is 26.1 Å². The molecule has 0 amide bonds. The van der Waals surface area contributed by atoms with Crippen molar-refractivity contribution in [2.45, 2.75) is 37.2 Å². The number of nitrogens with zero attached hydrogens (tertiary/aromatic N) is 1. The molecular weight excluding hydrogens is 259 g/mol. The summed E-state index contributed by atoms with van der Waals surface area (Å²) in [6, 6.07) is -0.256. The molecule has 4 nitrogen and oxygen atoms in total. The molecule has 0 saturated carbocycles. The van der Waals surface area contributed by atoms with E-state index in [1.807, 2.05) is 6.08 Å². The summed E-state index contributed by atoms with van der Waals surface area (Å²) in [6.07, 6.45) is 2.53. The normalized spacial score (nSPS) is 38.8. The molecule has 3 N–H and O–H groups in total. The fourth-order valence-electron chi connectivity index (χ4n) is 2.00. The van der Waals surface area contributed by atoms with Crippen LogP contribution >= 0.6 is 0 Å². The number of hydrogen-bond acceptors (Lipinski definition) is 4. The molecule has 0 saturated heterocycles. The molecule has 106 valence electrons. The average molecular weight is 275 g/mol. The maximum absolute atomic E-state index is 12.9. The smallest absolute Gasteiger partial charge is 0.385 e. The van der Waals surface area contributed by atoms with E-state index in [0.29, 0.717) is 0 Å². The fourth-order valence-corrected chi connectivity index (χ4v) is 2.00. The molecule has 2 rings (SSSR count). The van der Waals surface area contributed by atoms with Gasteiger partial charge in [-0.15, -0.1) is 0 Å². The van der Waals surface area contributed by atoms with Gasteiger partial charge < -0.3 is 15.8 Å². The fraction of sp³-hybridized carbons (Fsp3) is 0.583. The van der Waals surface area contributed by atoms with Crippen LogP contribution in [0.1, 0.15) is 13.8 Å². The number of aliphatic imine (C=N–C) groups is 1. The Morgan fingerprint density at radius 2 is 2.11 bits per heavy atom. The van der Waals surface area contributed by atoms with E-state index in [-0.39, 0.29) is 12.6 Å². The second-order valence-corrected chi connectivity index (χ2v) is 5.06. The summed E-state index contributed by atoms with van der Waals surface area (Å²) in [4.78, 5) is 4.06. The molecular formula is C12H16F3N3O. The van der Waals surface area contributed by atoms with Crippen LogP contribution in [0.2, 0.25) is 0 Å². The van der Waals surface area contributed by atoms with Crippen molar-refractivity contribution in [3.05, 3.63) is 24.4 Å². The van der Waals surface area contributed by atoms with E-state index < -0.39 is 23.2 Å². The van der Waals surface area contributed by atoms with Crippen LogP contribution in [0, 0.1) is 0 Å². The van der Waals surface area contributed by atoms with Gasteiger partial charge in [-0.2, -0.15) is 13.2 Å². The molecule has 1 unspecified atom stereocenters. The number of ether oxygens (including phenoxy) is 1. The van der Waals surface area contributed by atoms with Crippen molar-refractivity contribution in [2.24, 2.45) is 10.7 Å². The SMILES string of the molecule is C[C@@]1(C2C=CC=CN2)CO[C@@](C)(C(F)(F)F)C(N)=N1. The Morgan fingerprint density at radius 1 is 1.42 bits per heavy atom. The quantitative estimate of drug-likeness (QED) is 0.762. The predicted octanol–water partition coefficient (Wildman–Crippen LogP) is 1.50. The minimum Gasteiger partial charge on any atom is -0.385 e. The van der Waals surface area contributed by atoms with Crippen molar-refractivity contribution >= 4 is 5.84 Å². The number of rotatable bonds is 1. The van der Waals surface area contributed by atoms with Crippen LogP contribution in [0.25, 0.3) is 0 Å². The Hall–Kier alpha value is -1.50. The molecule has 3 atom stereocenters. The summed E-state index contributed by atoms with van der Waals surface area (Å²) in [5.41, 5.74) is 2.14. The van der Waals surface area contributed by atoms with E-state index in [0.717, 1.165) is 6.92 Å². The number of dihydropyridines is 1. The zero-order valence-corrected chi connectivity index (χ0v) is 10.7. The number of nitrogens with two attached hydrogens (primary N) is 1. The lowest BCUT2D eigenvalue weighted by atomic mass is 9.89. The highest BCUT2D eigenvalue weighted by atomic mass is 19.4. The lowest BCUT2D eigenvalue weighted by molar-refractivity contribution is -0.249. The molecule has 0 bridgehead atoms. The van der Waals surface area contributed by atoms with Crippen molar-refractivity contribution in [1.82, 2.24) is 5.32 Å². The Morgan fingerprint density at radius 3 is 2.58 bits per heavy atom. The van der Waals surface area contributed by atoms with Crippen LogP contribution in [0.5, 0.6) is 0 Å². The number of amidine groups is 1. The molecule has 0 aliphatic carbocycles. The maximum atomic E-state index is 12.9. The van der Waals surface area contributed by atoms with Gasteiger partial charge in [0.1, 0.15) is 11.4 Å². The molecule has 7 heteroatoms. The number of hydrogen-bond donors (Lipinski definition) is 2. The highest BCUT2D eigenvalue weighted by Gasteiger charge is 2.59. The number of nitrogens with one attached hydrogen (secondary N) is 1. The molecule has 2 heterocycles. The first-order valence-corrected chi connectivity index (χ1v) is 5.85. The van der Waals surface area contributed by atoms with E-state index in [1.54, 1.807) is 25.3 Å². The van der Waals surface area contributed by atoms with Crippen molar-refractivity contribution in [3.8, 4) is 0 Å². The minimum absolute atomic E-state index is 0.167. The molecule has 0 aromatic rings. The van der Waals surface area contributed by atoms with Crippen LogP contribution in [-0.4, -0.2) is 35.8 Å². The molecule has 0 radical (unpaired) electrons. The number of allylic oxidation sites excluding steroid dienone is 2. The maximum Gasteiger partial charge on any atom is 0.424 e. The van der Waals surface area contributed by atoms with E-state index >= 15 is 0 Å². The second-order valence-electron chi connectivity index (χ2n) is 5.06.